The van der Waals surface area contributed by atoms with Crippen LogP contribution in [0.1, 0.15) is 58.4 Å². The van der Waals surface area contributed by atoms with Crippen molar-refractivity contribution in [3.8, 4) is 28.2 Å². The number of hydrogen-bond acceptors (Lipinski definition) is 3. The smallest absolute Gasteiger partial charge is 0.0553 e. The van der Waals surface area contributed by atoms with E-state index in [1.54, 1.807) is 0 Å². The molecular weight excluding hydrogens is 1680 g/mol. The molecular formula is C133H94N6. The van der Waals surface area contributed by atoms with Crippen LogP contribution in [0.25, 0.3) is 173 Å². The Bertz CT molecular complexity index is 9050. The number of anilines is 9. The van der Waals surface area contributed by atoms with Crippen LogP contribution in [-0.2, 0) is 5.41 Å². The molecule has 3 aromatic heterocycles. The fourth-order valence-corrected chi connectivity index (χ4v) is 21.6. The molecule has 6 heteroatoms. The van der Waals surface area contributed by atoms with Gasteiger partial charge in [0.1, 0.15) is 0 Å². The van der Waals surface area contributed by atoms with Gasteiger partial charge in [0.2, 0.25) is 0 Å². The Hall–Kier alpha value is -18.1. The van der Waals surface area contributed by atoms with E-state index in [1.165, 1.54) is 170 Å². The van der Waals surface area contributed by atoms with Gasteiger partial charge >= 0.3 is 0 Å². The zero-order chi connectivity index (χ0) is 92.4. The van der Waals surface area contributed by atoms with Crippen molar-refractivity contribution in [2.75, 3.05) is 14.7 Å². The minimum Gasteiger partial charge on any atom is -0.311 e. The van der Waals surface area contributed by atoms with Crippen molar-refractivity contribution in [3.63, 3.8) is 0 Å². The SMILES string of the molecule is C(=C\c1cc2ccc3cccc4c3c2c(c1)n4-c1ccccc1)/c1ccc(N(c2ccccc2)c2cccc3ccccc23)cc1.C(=C\c1cc2ccc3cccc4c3c2c(c1)n4-c1ccccc1)/c1ccc(N(c2ccccc2)c2ccccc2)cc1.CC1(C)c2ccccc2-c2ccc(N(c3ccccc3)c3ccc(/C=C/c4cc5ccc6cccc7c6c5c(c4)n7-c4ccccc4)cc3)cc21. The molecule has 0 radical (unpaired) electrons. The Balaban J connectivity index is 0.000000111. The predicted molar refractivity (Wildman–Crippen MR) is 594 cm³/mol. The van der Waals surface area contributed by atoms with E-state index in [9.17, 15) is 0 Å². The van der Waals surface area contributed by atoms with Gasteiger partial charge in [0, 0.05) is 106 Å². The highest BCUT2D eigenvalue weighted by molar-refractivity contribution is 6.27. The lowest BCUT2D eigenvalue weighted by molar-refractivity contribution is 0.660. The van der Waals surface area contributed by atoms with Crippen LogP contribution in [0.3, 0.4) is 0 Å². The molecule has 1 aliphatic rings. The highest BCUT2D eigenvalue weighted by Crippen LogP contribution is 2.52. The van der Waals surface area contributed by atoms with Crippen molar-refractivity contribution >= 4 is 196 Å². The Morgan fingerprint density at radius 1 is 0.180 bits per heavy atom. The topological polar surface area (TPSA) is 24.5 Å². The van der Waals surface area contributed by atoms with Crippen LogP contribution in [-0.4, -0.2) is 13.7 Å². The van der Waals surface area contributed by atoms with Crippen LogP contribution < -0.4 is 14.7 Å². The van der Waals surface area contributed by atoms with E-state index < -0.39 is 0 Å². The zero-order valence-corrected chi connectivity index (χ0v) is 77.0. The summed E-state index contributed by atoms with van der Waals surface area (Å²) < 4.78 is 7.22. The second-order valence-corrected chi connectivity index (χ2v) is 36.8. The molecule has 0 saturated carbocycles. The van der Waals surface area contributed by atoms with Gasteiger partial charge in [-0.25, -0.2) is 0 Å². The molecule has 27 rings (SSSR count). The average Bonchev–Trinajstić information content (AvgIpc) is 1.56. The van der Waals surface area contributed by atoms with Crippen LogP contribution in [0.5, 0.6) is 0 Å². The molecule has 0 aliphatic heterocycles. The molecule has 6 nitrogen and oxygen atoms in total. The summed E-state index contributed by atoms with van der Waals surface area (Å²) in [5.74, 6) is 0. The van der Waals surface area contributed by atoms with Gasteiger partial charge in [-0.05, 0) is 287 Å². The summed E-state index contributed by atoms with van der Waals surface area (Å²) in [7, 11) is 0. The van der Waals surface area contributed by atoms with E-state index in [-0.39, 0.29) is 5.41 Å². The van der Waals surface area contributed by atoms with Crippen LogP contribution in [0.2, 0.25) is 0 Å². The van der Waals surface area contributed by atoms with Crippen molar-refractivity contribution in [1.82, 2.24) is 13.7 Å². The number of para-hydroxylation sites is 7. The summed E-state index contributed by atoms with van der Waals surface area (Å²) in [6, 6.07) is 179. The maximum atomic E-state index is 2.41. The van der Waals surface area contributed by atoms with E-state index in [1.807, 2.05) is 0 Å². The van der Waals surface area contributed by atoms with E-state index in [0.29, 0.717) is 0 Å². The van der Waals surface area contributed by atoms with E-state index >= 15 is 0 Å². The normalized spacial score (nSPS) is 12.4. The third-order valence-corrected chi connectivity index (χ3v) is 28.1. The van der Waals surface area contributed by atoms with Gasteiger partial charge in [0.15, 0.2) is 0 Å². The first-order chi connectivity index (χ1) is 68.7. The number of hydrogen-bond donors (Lipinski definition) is 0. The minimum atomic E-state index is -0.0615. The Morgan fingerprint density at radius 3 is 0.863 bits per heavy atom. The second-order valence-electron chi connectivity index (χ2n) is 36.8. The molecule has 1 aliphatic carbocycles. The van der Waals surface area contributed by atoms with Crippen molar-refractivity contribution in [2.45, 2.75) is 19.3 Å². The maximum Gasteiger partial charge on any atom is 0.0553 e. The Morgan fingerprint density at radius 2 is 0.460 bits per heavy atom. The summed E-state index contributed by atoms with van der Waals surface area (Å²) >= 11 is 0. The molecule has 26 aromatic rings. The monoisotopic (exact) mass is 1770 g/mol. The Kier molecular flexibility index (Phi) is 20.9. The largest absolute Gasteiger partial charge is 0.311 e. The lowest BCUT2D eigenvalue weighted by Crippen LogP contribution is -2.16. The van der Waals surface area contributed by atoms with Crippen molar-refractivity contribution < 1.29 is 0 Å². The molecule has 0 atom stereocenters. The second kappa shape index (κ2) is 35.1. The molecule has 3 heterocycles. The highest BCUT2D eigenvalue weighted by Gasteiger charge is 2.36. The third kappa shape index (κ3) is 15.0. The van der Waals surface area contributed by atoms with Gasteiger partial charge in [0.05, 0.1) is 38.8 Å². The first kappa shape index (κ1) is 82.8. The highest BCUT2D eigenvalue weighted by atomic mass is 15.2. The molecule has 656 valence electrons. The molecule has 0 saturated heterocycles. The molecule has 0 amide bonds. The first-order valence-electron chi connectivity index (χ1n) is 47.9. The molecule has 0 unspecified atom stereocenters. The van der Waals surface area contributed by atoms with E-state index in [0.717, 1.165) is 62.2 Å². The molecule has 23 aromatic carbocycles. The first-order valence-corrected chi connectivity index (χ1v) is 47.9. The average molecular weight is 1780 g/mol. The summed E-state index contributed by atoms with van der Waals surface area (Å²) in [6.45, 7) is 4.69. The van der Waals surface area contributed by atoms with Crippen LogP contribution in [0, 0.1) is 0 Å². The maximum absolute atomic E-state index is 2.41. The number of rotatable bonds is 18. The standard InChI is InChI=1S/C49H36N2.C44H30N2.C40H28N2/c1-49(2)43-18-10-9-17-41(43)42-29-28-40(32-44(42)49)50(37-13-5-3-6-14-37)39-26-22-33(23-27-39)20-21-34-30-36-25-24-35-12-11-19-45-47(35)48(36)46(31-34)51(45)38-15-7-4-8-16-38;1-3-14-36(15-4-1)45(40-19-9-12-33-11-7-8-18-39(33)40)38-27-23-31(24-28-38)21-22-32-29-35-26-25-34-13-10-20-41-43(34)44(35)42(30-32)46(41)37-16-5-2-6-17-37;1-4-12-33(13-5-1)41(34-14-6-2-7-15-34)36-25-21-29(22-26-36)19-20-30-27-32-24-23-31-11-10-18-37-39(31)40(32)38(28-30)42(37)35-16-8-3-9-17-35/h3-32H,1-2H3;1-30H;1-28H/b21-20+;22-21+;20-19+. The van der Waals surface area contributed by atoms with Gasteiger partial charge < -0.3 is 28.4 Å². The number of benzene rings is 23. The predicted octanol–water partition coefficient (Wildman–Crippen LogP) is 36.5. The van der Waals surface area contributed by atoms with Gasteiger partial charge in [-0.2, -0.15) is 0 Å². The summed E-state index contributed by atoms with van der Waals surface area (Å²) in [4.78, 5) is 7.00. The van der Waals surface area contributed by atoms with Gasteiger partial charge in [-0.15, -0.1) is 0 Å². The summed E-state index contributed by atoms with van der Waals surface area (Å²) in [5, 5.41) is 18.1. The quantitative estimate of drug-likeness (QED) is 0.0632. The fraction of sp³-hybridized carbons (Fsp3) is 0.0226. The molecule has 0 fully saturated rings. The zero-order valence-electron chi connectivity index (χ0n) is 77.0. The van der Waals surface area contributed by atoms with Crippen molar-refractivity contribution in [2.24, 2.45) is 0 Å². The third-order valence-electron chi connectivity index (χ3n) is 28.1. The lowest BCUT2D eigenvalue weighted by Gasteiger charge is -2.28. The van der Waals surface area contributed by atoms with Gasteiger partial charge in [-0.3, -0.25) is 0 Å². The van der Waals surface area contributed by atoms with E-state index in [2.05, 4.69) is 576 Å². The number of aromatic nitrogens is 3. The van der Waals surface area contributed by atoms with Crippen LogP contribution >= 0.6 is 0 Å². The molecule has 0 N–H and O–H groups in total. The van der Waals surface area contributed by atoms with Crippen molar-refractivity contribution in [1.29, 1.82) is 0 Å². The molecule has 0 spiro atoms. The van der Waals surface area contributed by atoms with Gasteiger partial charge in [-0.1, -0.05) is 354 Å². The minimum absolute atomic E-state index is 0.0615. The van der Waals surface area contributed by atoms with Crippen LogP contribution in [0.15, 0.2) is 497 Å². The molecule has 139 heavy (non-hydrogen) atoms. The summed E-state index contributed by atoms with van der Waals surface area (Å²) in [5.41, 5.74) is 33.7. The van der Waals surface area contributed by atoms with Gasteiger partial charge in [0.25, 0.3) is 0 Å². The summed E-state index contributed by atoms with van der Waals surface area (Å²) in [6.07, 6.45) is 13.4. The van der Waals surface area contributed by atoms with Crippen molar-refractivity contribution in [3.05, 3.63) is 542 Å². The van der Waals surface area contributed by atoms with Crippen LogP contribution in [0.4, 0.5) is 51.2 Å². The lowest BCUT2D eigenvalue weighted by atomic mass is 9.82. The Labute approximate surface area is 808 Å². The fourth-order valence-electron chi connectivity index (χ4n) is 21.6. The molecule has 0 bridgehead atoms. The van der Waals surface area contributed by atoms with E-state index in [4.69, 9.17) is 0 Å². The number of fused-ring (bicyclic) bond motifs is 4. The number of nitrogens with zero attached hydrogens (tertiary/aromatic N) is 6.